The fraction of sp³-hybridized carbons (Fsp3) is 0.429. The molecule has 5 nitrogen and oxygen atoms in total. The highest BCUT2D eigenvalue weighted by atomic mass is 16.5. The molecule has 0 saturated heterocycles. The summed E-state index contributed by atoms with van der Waals surface area (Å²) in [6.07, 6.45) is -0.0524. The van der Waals surface area contributed by atoms with Crippen molar-refractivity contribution in [3.8, 4) is 0 Å². The first kappa shape index (κ1) is 15.3. The van der Waals surface area contributed by atoms with E-state index >= 15 is 0 Å². The van der Waals surface area contributed by atoms with Crippen molar-refractivity contribution < 1.29 is 19.4 Å². The average Bonchev–Trinajstić information content (AvgIpc) is 2.43. The van der Waals surface area contributed by atoms with E-state index in [2.05, 4.69) is 10.1 Å². The number of ketones is 1. The highest BCUT2D eigenvalue weighted by Crippen LogP contribution is 2.09. The molecule has 0 spiro atoms. The molecule has 1 unspecified atom stereocenters. The molecule has 1 aromatic carbocycles. The van der Waals surface area contributed by atoms with Crippen LogP contribution in [0, 0.1) is 6.92 Å². The second-order valence-electron chi connectivity index (χ2n) is 4.24. The number of methoxy groups -OCH3 is 1. The standard InChI is InChI=1S/C14H19NO4/c1-10-3-5-11(6-4-10)14(18)12(15-7-8-16)9-13(17)19-2/h3-6,12,15-16H,7-9H2,1-2H3. The lowest BCUT2D eigenvalue weighted by Crippen LogP contribution is -2.40. The van der Waals surface area contributed by atoms with Gasteiger partial charge in [-0.1, -0.05) is 29.8 Å². The van der Waals surface area contributed by atoms with E-state index < -0.39 is 12.0 Å². The highest BCUT2D eigenvalue weighted by Gasteiger charge is 2.22. The number of hydrogen-bond acceptors (Lipinski definition) is 5. The zero-order chi connectivity index (χ0) is 14.3. The van der Waals surface area contributed by atoms with Gasteiger partial charge in [0.25, 0.3) is 0 Å². The summed E-state index contributed by atoms with van der Waals surface area (Å²) >= 11 is 0. The number of aliphatic hydroxyl groups is 1. The Kier molecular flexibility index (Phi) is 6.18. The molecule has 19 heavy (non-hydrogen) atoms. The molecule has 1 aromatic rings. The van der Waals surface area contributed by atoms with E-state index in [1.54, 1.807) is 12.1 Å². The number of aryl methyl sites for hydroxylation is 1. The maximum Gasteiger partial charge on any atom is 0.307 e. The molecule has 0 aliphatic rings. The van der Waals surface area contributed by atoms with Gasteiger partial charge in [-0.25, -0.2) is 0 Å². The van der Waals surface area contributed by atoms with Crippen LogP contribution in [0.15, 0.2) is 24.3 Å². The molecule has 0 aromatic heterocycles. The molecule has 0 amide bonds. The number of carbonyl (C=O) groups excluding carboxylic acids is 2. The predicted molar refractivity (Wildman–Crippen MR) is 71.0 cm³/mol. The van der Waals surface area contributed by atoms with E-state index in [-0.39, 0.29) is 25.4 Å². The van der Waals surface area contributed by atoms with Gasteiger partial charge in [-0.3, -0.25) is 9.59 Å². The normalized spacial score (nSPS) is 11.9. The Balaban J connectivity index is 2.80. The maximum absolute atomic E-state index is 12.3. The van der Waals surface area contributed by atoms with Crippen molar-refractivity contribution in [2.45, 2.75) is 19.4 Å². The molecule has 1 atom stereocenters. The topological polar surface area (TPSA) is 75.6 Å². The summed E-state index contributed by atoms with van der Waals surface area (Å²) < 4.78 is 4.57. The molecule has 5 heteroatoms. The number of esters is 1. The molecule has 2 N–H and O–H groups in total. The minimum absolute atomic E-state index is 0.0524. The molecule has 1 rings (SSSR count). The van der Waals surface area contributed by atoms with E-state index in [1.807, 2.05) is 19.1 Å². The number of nitrogens with one attached hydrogen (secondary N) is 1. The van der Waals surface area contributed by atoms with Crippen molar-refractivity contribution in [2.24, 2.45) is 0 Å². The number of rotatable bonds is 7. The van der Waals surface area contributed by atoms with Crippen molar-refractivity contribution in [2.75, 3.05) is 20.3 Å². The van der Waals surface area contributed by atoms with Crippen LogP contribution in [0.5, 0.6) is 0 Å². The monoisotopic (exact) mass is 265 g/mol. The first-order valence-electron chi connectivity index (χ1n) is 6.10. The number of ether oxygens (including phenoxy) is 1. The van der Waals surface area contributed by atoms with Gasteiger partial charge >= 0.3 is 5.97 Å². The van der Waals surface area contributed by atoms with Gasteiger partial charge in [0.1, 0.15) is 0 Å². The van der Waals surface area contributed by atoms with Crippen molar-refractivity contribution in [1.82, 2.24) is 5.32 Å². The summed E-state index contributed by atoms with van der Waals surface area (Å²) in [5.74, 6) is -0.644. The molecule has 0 saturated carbocycles. The molecule has 0 fully saturated rings. The minimum atomic E-state index is -0.678. The van der Waals surface area contributed by atoms with Crippen LogP contribution in [-0.2, 0) is 9.53 Å². The van der Waals surface area contributed by atoms with Gasteiger partial charge < -0.3 is 15.2 Å². The predicted octanol–water partition coefficient (Wildman–Crippen LogP) is 0.691. The van der Waals surface area contributed by atoms with Crippen LogP contribution in [0.3, 0.4) is 0 Å². The summed E-state index contributed by atoms with van der Waals surface area (Å²) in [7, 11) is 1.28. The second kappa shape index (κ2) is 7.66. The summed E-state index contributed by atoms with van der Waals surface area (Å²) in [6.45, 7) is 2.09. The van der Waals surface area contributed by atoms with E-state index in [0.29, 0.717) is 5.56 Å². The molecular weight excluding hydrogens is 246 g/mol. The van der Waals surface area contributed by atoms with Crippen molar-refractivity contribution in [1.29, 1.82) is 0 Å². The van der Waals surface area contributed by atoms with Gasteiger partial charge in [-0.2, -0.15) is 0 Å². The Morgan fingerprint density at radius 3 is 2.47 bits per heavy atom. The van der Waals surface area contributed by atoms with E-state index in [9.17, 15) is 9.59 Å². The molecule has 0 radical (unpaired) electrons. The van der Waals surface area contributed by atoms with Crippen LogP contribution in [0.2, 0.25) is 0 Å². The Hall–Kier alpha value is -1.72. The largest absolute Gasteiger partial charge is 0.469 e. The Morgan fingerprint density at radius 1 is 1.32 bits per heavy atom. The van der Waals surface area contributed by atoms with Gasteiger partial charge in [-0.15, -0.1) is 0 Å². The van der Waals surface area contributed by atoms with Gasteiger partial charge in [-0.05, 0) is 6.92 Å². The molecule has 0 aliphatic heterocycles. The van der Waals surface area contributed by atoms with Crippen LogP contribution in [0.1, 0.15) is 22.3 Å². The SMILES string of the molecule is COC(=O)CC(NCCO)C(=O)c1ccc(C)cc1. The third kappa shape index (κ3) is 4.81. The minimum Gasteiger partial charge on any atom is -0.469 e. The van der Waals surface area contributed by atoms with Gasteiger partial charge in [0.2, 0.25) is 0 Å². The number of Topliss-reactive ketones (excluding diaryl/α,β-unsaturated/α-hetero) is 1. The van der Waals surface area contributed by atoms with Crippen molar-refractivity contribution >= 4 is 11.8 Å². The summed E-state index contributed by atoms with van der Waals surface area (Å²) in [5, 5.41) is 11.7. The lowest BCUT2D eigenvalue weighted by molar-refractivity contribution is -0.141. The Morgan fingerprint density at radius 2 is 1.95 bits per heavy atom. The van der Waals surface area contributed by atoms with Crippen LogP contribution < -0.4 is 5.32 Å². The fourth-order valence-corrected chi connectivity index (χ4v) is 1.67. The first-order chi connectivity index (χ1) is 9.08. The number of benzene rings is 1. The smallest absolute Gasteiger partial charge is 0.307 e. The van der Waals surface area contributed by atoms with Crippen LogP contribution in [0.4, 0.5) is 0 Å². The van der Waals surface area contributed by atoms with Gasteiger partial charge in [0, 0.05) is 12.1 Å². The van der Waals surface area contributed by atoms with Crippen LogP contribution in [-0.4, -0.2) is 43.2 Å². The molecular formula is C14H19NO4. The Bertz CT molecular complexity index is 428. The van der Waals surface area contributed by atoms with Gasteiger partial charge in [0.15, 0.2) is 5.78 Å². The van der Waals surface area contributed by atoms with E-state index in [4.69, 9.17) is 5.11 Å². The summed E-state index contributed by atoms with van der Waals surface area (Å²) in [5.41, 5.74) is 1.59. The molecule has 0 heterocycles. The quantitative estimate of drug-likeness (QED) is 0.560. The van der Waals surface area contributed by atoms with Crippen LogP contribution >= 0.6 is 0 Å². The lowest BCUT2D eigenvalue weighted by atomic mass is 10.0. The highest BCUT2D eigenvalue weighted by molar-refractivity contribution is 6.01. The third-order valence-electron chi connectivity index (χ3n) is 2.75. The van der Waals surface area contributed by atoms with E-state index in [0.717, 1.165) is 5.56 Å². The van der Waals surface area contributed by atoms with Crippen molar-refractivity contribution in [3.05, 3.63) is 35.4 Å². The number of aliphatic hydroxyl groups excluding tert-OH is 1. The van der Waals surface area contributed by atoms with Crippen molar-refractivity contribution in [3.63, 3.8) is 0 Å². The maximum atomic E-state index is 12.3. The number of carbonyl (C=O) groups is 2. The first-order valence-corrected chi connectivity index (χ1v) is 6.10. The van der Waals surface area contributed by atoms with Crippen LogP contribution in [0.25, 0.3) is 0 Å². The Labute approximate surface area is 112 Å². The average molecular weight is 265 g/mol. The van der Waals surface area contributed by atoms with Gasteiger partial charge in [0.05, 0.1) is 26.2 Å². The van der Waals surface area contributed by atoms with E-state index in [1.165, 1.54) is 7.11 Å². The molecule has 0 aliphatic carbocycles. The third-order valence-corrected chi connectivity index (χ3v) is 2.75. The second-order valence-corrected chi connectivity index (χ2v) is 4.24. The number of hydrogen-bond donors (Lipinski definition) is 2. The summed E-state index contributed by atoms with van der Waals surface area (Å²) in [6, 6.07) is 6.45. The zero-order valence-electron chi connectivity index (χ0n) is 11.2. The zero-order valence-corrected chi connectivity index (χ0v) is 11.2. The summed E-state index contributed by atoms with van der Waals surface area (Å²) in [4.78, 5) is 23.6. The molecule has 0 bridgehead atoms. The molecule has 104 valence electrons. The lowest BCUT2D eigenvalue weighted by Gasteiger charge is -2.16. The fourth-order valence-electron chi connectivity index (χ4n) is 1.67.